The largest absolute Gasteiger partial charge is 0.361 e. The third-order valence-corrected chi connectivity index (χ3v) is 7.85. The molecule has 0 unspecified atom stereocenters. The van der Waals surface area contributed by atoms with Crippen LogP contribution < -0.4 is 5.32 Å². The number of carbonyl (C=O) groups excluding carboxylic acids is 2. The topological polar surface area (TPSA) is 65.2 Å². The van der Waals surface area contributed by atoms with Gasteiger partial charge in [0.25, 0.3) is 0 Å². The first-order chi connectivity index (χ1) is 19.2. The molecule has 1 aliphatic rings. The van der Waals surface area contributed by atoms with Crippen molar-refractivity contribution < 1.29 is 9.59 Å². The Hall–Kier alpha value is -4.12. The number of amides is 2. The van der Waals surface area contributed by atoms with E-state index in [1.54, 1.807) is 4.90 Å². The molecular weight excluding hydrogens is 494 g/mol. The van der Waals surface area contributed by atoms with Crippen LogP contribution >= 0.6 is 0 Å². The molecule has 0 bridgehead atoms. The molecule has 0 radical (unpaired) electrons. The first-order valence-electron chi connectivity index (χ1n) is 14.2. The number of rotatable bonds is 7. The van der Waals surface area contributed by atoms with Gasteiger partial charge in [-0.25, -0.2) is 0 Å². The number of carbonyl (C=O) groups is 2. The summed E-state index contributed by atoms with van der Waals surface area (Å²) in [5.41, 5.74) is 7.95. The number of aryl methyl sites for hydroxylation is 2. The zero-order valence-corrected chi connectivity index (χ0v) is 24.0. The Bertz CT molecular complexity index is 1510. The minimum absolute atomic E-state index is 0.0806. The highest BCUT2D eigenvalue weighted by atomic mass is 16.2. The summed E-state index contributed by atoms with van der Waals surface area (Å²) in [6.07, 6.45) is 7.40. The monoisotopic (exact) mass is 533 g/mol. The van der Waals surface area contributed by atoms with Gasteiger partial charge < -0.3 is 15.2 Å². The van der Waals surface area contributed by atoms with Crippen LogP contribution in [0.3, 0.4) is 0 Å². The minimum Gasteiger partial charge on any atom is -0.361 e. The summed E-state index contributed by atoms with van der Waals surface area (Å²) in [6.45, 7) is 6.16. The maximum absolute atomic E-state index is 13.8. The molecule has 0 saturated heterocycles. The van der Waals surface area contributed by atoms with Gasteiger partial charge in [0.1, 0.15) is 6.04 Å². The van der Waals surface area contributed by atoms with Gasteiger partial charge in [-0.15, -0.1) is 0 Å². The highest BCUT2D eigenvalue weighted by molar-refractivity contribution is 5.91. The minimum atomic E-state index is -0.650. The van der Waals surface area contributed by atoms with Gasteiger partial charge in [-0.1, -0.05) is 93.6 Å². The normalized spacial score (nSPS) is 13.7. The molecule has 4 aromatic rings. The van der Waals surface area contributed by atoms with Gasteiger partial charge in [-0.05, 0) is 58.7 Å². The van der Waals surface area contributed by atoms with Crippen molar-refractivity contribution in [1.29, 1.82) is 0 Å². The van der Waals surface area contributed by atoms with Crippen molar-refractivity contribution in [1.82, 2.24) is 15.2 Å². The van der Waals surface area contributed by atoms with Crippen LogP contribution in [-0.2, 0) is 28.9 Å². The molecule has 5 rings (SSSR count). The van der Waals surface area contributed by atoms with Crippen LogP contribution in [0.1, 0.15) is 55.0 Å². The van der Waals surface area contributed by atoms with Gasteiger partial charge in [-0.2, -0.15) is 0 Å². The number of H-pyrrole nitrogens is 1. The fourth-order valence-electron chi connectivity index (χ4n) is 5.51. The number of fused-ring (bicyclic) bond motifs is 3. The number of aromatic amines is 1. The summed E-state index contributed by atoms with van der Waals surface area (Å²) in [5.74, 6) is -0.212. The Morgan fingerprint density at radius 1 is 0.925 bits per heavy atom. The van der Waals surface area contributed by atoms with Crippen molar-refractivity contribution in [3.63, 3.8) is 0 Å². The lowest BCUT2D eigenvalue weighted by Crippen LogP contribution is -2.51. The second kappa shape index (κ2) is 11.5. The Morgan fingerprint density at radius 2 is 1.52 bits per heavy atom. The number of hydrogen-bond donors (Lipinski definition) is 2. The van der Waals surface area contributed by atoms with Gasteiger partial charge in [0.2, 0.25) is 11.8 Å². The summed E-state index contributed by atoms with van der Waals surface area (Å²) in [7, 11) is 1.83. The number of para-hydroxylation sites is 1. The summed E-state index contributed by atoms with van der Waals surface area (Å²) in [6, 6.07) is 24.7. The maximum Gasteiger partial charge on any atom is 0.245 e. The SMILES string of the molecule is CN(CCC=C1c2ccccc2CCc2ccccc21)C(=O)[C@@H](Cc1c[nH]c2ccccc12)NC(=O)C(C)(C)C. The van der Waals surface area contributed by atoms with E-state index in [1.165, 1.54) is 27.8 Å². The fourth-order valence-corrected chi connectivity index (χ4v) is 5.51. The molecule has 1 aromatic heterocycles. The van der Waals surface area contributed by atoms with E-state index in [4.69, 9.17) is 0 Å². The number of benzene rings is 3. The zero-order chi connectivity index (χ0) is 28.3. The van der Waals surface area contributed by atoms with E-state index in [0.29, 0.717) is 19.4 Å². The fraction of sp³-hybridized carbons (Fsp3) is 0.314. The number of nitrogens with one attached hydrogen (secondary N) is 2. The third kappa shape index (κ3) is 5.89. The predicted molar refractivity (Wildman–Crippen MR) is 163 cm³/mol. The van der Waals surface area contributed by atoms with Gasteiger partial charge in [0, 0.05) is 42.5 Å². The second-order valence-corrected chi connectivity index (χ2v) is 11.8. The lowest BCUT2D eigenvalue weighted by molar-refractivity contribution is -0.137. The van der Waals surface area contributed by atoms with E-state index >= 15 is 0 Å². The first-order valence-corrected chi connectivity index (χ1v) is 14.2. The molecule has 5 nitrogen and oxygen atoms in total. The van der Waals surface area contributed by atoms with Crippen LogP contribution in [0.5, 0.6) is 0 Å². The highest BCUT2D eigenvalue weighted by Crippen LogP contribution is 2.33. The van der Waals surface area contributed by atoms with E-state index < -0.39 is 11.5 Å². The van der Waals surface area contributed by atoms with Crippen molar-refractivity contribution >= 4 is 28.3 Å². The molecule has 206 valence electrons. The molecule has 1 aliphatic carbocycles. The van der Waals surface area contributed by atoms with Gasteiger partial charge in [0.15, 0.2) is 0 Å². The molecule has 3 aromatic carbocycles. The van der Waals surface area contributed by atoms with Crippen LogP contribution in [0, 0.1) is 5.41 Å². The Morgan fingerprint density at radius 3 is 2.17 bits per heavy atom. The molecule has 2 N–H and O–H groups in total. The lowest BCUT2D eigenvalue weighted by Gasteiger charge is -2.27. The zero-order valence-electron chi connectivity index (χ0n) is 24.0. The van der Waals surface area contributed by atoms with Crippen LogP contribution in [0.15, 0.2) is 85.1 Å². The average Bonchev–Trinajstić information content (AvgIpc) is 3.28. The number of likely N-dealkylation sites (N-methyl/N-ethyl adjacent to an activating group) is 1. The molecule has 1 atom stereocenters. The molecule has 0 saturated carbocycles. The summed E-state index contributed by atoms with van der Waals surface area (Å²) >= 11 is 0. The van der Waals surface area contributed by atoms with Crippen molar-refractivity contribution in [3.05, 3.63) is 113 Å². The second-order valence-electron chi connectivity index (χ2n) is 11.8. The molecule has 40 heavy (non-hydrogen) atoms. The van der Waals surface area contributed by atoms with Crippen LogP contribution in [0.2, 0.25) is 0 Å². The van der Waals surface area contributed by atoms with Gasteiger partial charge in [-0.3, -0.25) is 9.59 Å². The quantitative estimate of drug-likeness (QED) is 0.292. The predicted octanol–water partition coefficient (Wildman–Crippen LogP) is 6.32. The maximum atomic E-state index is 13.8. The molecule has 5 heteroatoms. The van der Waals surface area contributed by atoms with Gasteiger partial charge in [0.05, 0.1) is 0 Å². The van der Waals surface area contributed by atoms with Crippen molar-refractivity contribution in [3.8, 4) is 0 Å². The first kappa shape index (κ1) is 27.4. The lowest BCUT2D eigenvalue weighted by atomic mass is 9.93. The van der Waals surface area contributed by atoms with Crippen molar-refractivity contribution in [2.24, 2.45) is 5.41 Å². The molecule has 2 amide bonds. The van der Waals surface area contributed by atoms with E-state index in [1.807, 2.05) is 58.3 Å². The standard InChI is InChI=1S/C35H39N3O2/c1-35(2,3)34(40)37-32(22-26-23-36-31-18-10-9-16-29(26)31)33(39)38(4)21-11-17-30-27-14-7-5-12-24(27)19-20-25-13-6-8-15-28(25)30/h5-10,12-18,23,32,36H,11,19-22H2,1-4H3,(H,37,40)/t32-/m1/s1. The summed E-state index contributed by atoms with van der Waals surface area (Å²) in [5, 5.41) is 4.13. The van der Waals surface area contributed by atoms with E-state index in [2.05, 4.69) is 64.9 Å². The molecular formula is C35H39N3O2. The Labute approximate surface area is 237 Å². The smallest absolute Gasteiger partial charge is 0.245 e. The Kier molecular flexibility index (Phi) is 7.92. The van der Waals surface area contributed by atoms with Crippen molar-refractivity contribution in [2.45, 2.75) is 52.5 Å². The molecule has 0 aliphatic heterocycles. The summed E-state index contributed by atoms with van der Waals surface area (Å²) in [4.78, 5) is 31.8. The average molecular weight is 534 g/mol. The van der Waals surface area contributed by atoms with Crippen LogP contribution in [-0.4, -0.2) is 41.3 Å². The van der Waals surface area contributed by atoms with E-state index in [9.17, 15) is 9.59 Å². The molecule has 0 fully saturated rings. The number of hydrogen-bond acceptors (Lipinski definition) is 2. The van der Waals surface area contributed by atoms with Crippen molar-refractivity contribution in [2.75, 3.05) is 13.6 Å². The summed E-state index contributed by atoms with van der Waals surface area (Å²) < 4.78 is 0. The van der Waals surface area contributed by atoms with Gasteiger partial charge >= 0.3 is 0 Å². The highest BCUT2D eigenvalue weighted by Gasteiger charge is 2.30. The van der Waals surface area contributed by atoms with Crippen LogP contribution in [0.25, 0.3) is 16.5 Å². The number of nitrogens with zero attached hydrogens (tertiary/aromatic N) is 1. The molecule has 1 heterocycles. The van der Waals surface area contributed by atoms with E-state index in [0.717, 1.165) is 29.3 Å². The number of aromatic nitrogens is 1. The van der Waals surface area contributed by atoms with Crippen LogP contribution in [0.4, 0.5) is 0 Å². The Balaban J connectivity index is 1.36. The van der Waals surface area contributed by atoms with E-state index in [-0.39, 0.29) is 11.8 Å². The third-order valence-electron chi connectivity index (χ3n) is 7.85. The molecule has 0 spiro atoms.